The number of thiocarbonyl (C=S) groups is 1. The zero-order chi connectivity index (χ0) is 15.2. The Balaban J connectivity index is 2.14. The van der Waals surface area contributed by atoms with Gasteiger partial charge in [0.05, 0.1) is 6.61 Å². The topological polar surface area (TPSA) is 76.7 Å². The lowest BCUT2D eigenvalue weighted by molar-refractivity contribution is -0.145. The molecule has 1 aliphatic heterocycles. The van der Waals surface area contributed by atoms with Crippen molar-refractivity contribution < 1.29 is 19.1 Å². The summed E-state index contributed by atoms with van der Waals surface area (Å²) >= 11 is 4.86. The molecule has 0 atom stereocenters. The van der Waals surface area contributed by atoms with Crippen LogP contribution in [-0.4, -0.2) is 30.2 Å². The molecule has 0 aromatic heterocycles. The van der Waals surface area contributed by atoms with Crippen LogP contribution in [0.1, 0.15) is 12.5 Å². The molecule has 1 fully saturated rings. The second kappa shape index (κ2) is 6.85. The summed E-state index contributed by atoms with van der Waals surface area (Å²) in [5.74, 6) is -0.275. The highest BCUT2D eigenvalue weighted by Gasteiger charge is 2.20. The molecule has 0 spiro atoms. The summed E-state index contributed by atoms with van der Waals surface area (Å²) in [6.07, 6.45) is 1.61. The molecule has 6 nitrogen and oxygen atoms in total. The number of rotatable bonds is 5. The van der Waals surface area contributed by atoms with Crippen LogP contribution >= 0.6 is 12.2 Å². The van der Waals surface area contributed by atoms with E-state index in [1.54, 1.807) is 37.3 Å². The number of carbonyl (C=O) groups excluding carboxylic acids is 2. The number of esters is 1. The Hall–Kier alpha value is -2.41. The molecule has 1 saturated heterocycles. The van der Waals surface area contributed by atoms with Crippen molar-refractivity contribution in [2.75, 3.05) is 13.2 Å². The fourth-order valence-corrected chi connectivity index (χ4v) is 1.91. The molecule has 1 aromatic carbocycles. The maximum Gasteiger partial charge on any atom is 0.344 e. The summed E-state index contributed by atoms with van der Waals surface area (Å²) in [6.45, 7) is 1.84. The molecule has 0 bridgehead atoms. The number of hydrogen-bond acceptors (Lipinski definition) is 5. The molecule has 1 aromatic rings. The average molecular weight is 306 g/mol. The molecule has 110 valence electrons. The van der Waals surface area contributed by atoms with Crippen LogP contribution in [0.4, 0.5) is 0 Å². The highest BCUT2D eigenvalue weighted by molar-refractivity contribution is 7.80. The highest BCUT2D eigenvalue weighted by atomic mass is 32.1. The third-order valence-electron chi connectivity index (χ3n) is 2.59. The van der Waals surface area contributed by atoms with Gasteiger partial charge >= 0.3 is 5.97 Å². The van der Waals surface area contributed by atoms with E-state index in [1.807, 2.05) is 0 Å². The van der Waals surface area contributed by atoms with Crippen molar-refractivity contribution in [3.63, 3.8) is 0 Å². The predicted molar refractivity (Wildman–Crippen MR) is 80.4 cm³/mol. The molecule has 1 amide bonds. The zero-order valence-electron chi connectivity index (χ0n) is 11.3. The maximum absolute atomic E-state index is 11.6. The summed E-state index contributed by atoms with van der Waals surface area (Å²) in [5, 5.41) is 5.48. The van der Waals surface area contributed by atoms with Crippen LogP contribution in [0.2, 0.25) is 0 Å². The van der Waals surface area contributed by atoms with Crippen LogP contribution in [-0.2, 0) is 14.3 Å². The monoisotopic (exact) mass is 306 g/mol. The summed E-state index contributed by atoms with van der Waals surface area (Å²) in [4.78, 5) is 22.9. The predicted octanol–water partition coefficient (Wildman–Crippen LogP) is 0.974. The standard InChI is InChI=1S/C14H14N2O4S/c1-2-19-12(17)8-20-11-6-4-3-5-9(11)7-10-13(18)16-14(21)15-10/h3-7H,2,8H2,1H3,(H2,15,16,18,21)/b10-7-. The Bertz CT molecular complexity index is 613. The van der Waals surface area contributed by atoms with E-state index in [4.69, 9.17) is 21.7 Å². The van der Waals surface area contributed by atoms with Gasteiger partial charge in [0.25, 0.3) is 5.91 Å². The number of hydrogen-bond donors (Lipinski definition) is 2. The van der Waals surface area contributed by atoms with Gasteiger partial charge in [-0.3, -0.25) is 10.1 Å². The van der Waals surface area contributed by atoms with Crippen LogP contribution in [0.3, 0.4) is 0 Å². The quantitative estimate of drug-likeness (QED) is 0.480. The van der Waals surface area contributed by atoms with E-state index in [2.05, 4.69) is 10.6 Å². The zero-order valence-corrected chi connectivity index (χ0v) is 12.2. The molecule has 2 rings (SSSR count). The highest BCUT2D eigenvalue weighted by Crippen LogP contribution is 2.21. The van der Waals surface area contributed by atoms with E-state index in [-0.39, 0.29) is 17.6 Å². The SMILES string of the molecule is CCOC(=O)COc1ccccc1/C=C1\NC(=S)NC1=O. The summed E-state index contributed by atoms with van der Waals surface area (Å²) < 4.78 is 10.2. The second-order valence-electron chi connectivity index (χ2n) is 4.10. The maximum atomic E-state index is 11.6. The summed E-state index contributed by atoms with van der Waals surface area (Å²) in [6, 6.07) is 7.05. The normalized spacial score (nSPS) is 15.6. The molecule has 21 heavy (non-hydrogen) atoms. The van der Waals surface area contributed by atoms with Gasteiger partial charge in [-0.05, 0) is 31.3 Å². The van der Waals surface area contributed by atoms with Crippen molar-refractivity contribution in [2.24, 2.45) is 0 Å². The van der Waals surface area contributed by atoms with Crippen LogP contribution < -0.4 is 15.4 Å². The van der Waals surface area contributed by atoms with Crippen LogP contribution in [0.25, 0.3) is 6.08 Å². The van der Waals surface area contributed by atoms with Crippen molar-refractivity contribution in [3.8, 4) is 5.75 Å². The molecule has 0 unspecified atom stereocenters. The smallest absolute Gasteiger partial charge is 0.344 e. The van der Waals surface area contributed by atoms with Crippen molar-refractivity contribution in [1.29, 1.82) is 0 Å². The average Bonchev–Trinajstić information content (AvgIpc) is 2.76. The van der Waals surface area contributed by atoms with E-state index in [1.165, 1.54) is 0 Å². The molecule has 0 aliphatic carbocycles. The van der Waals surface area contributed by atoms with Crippen LogP contribution in [0.15, 0.2) is 30.0 Å². The van der Waals surface area contributed by atoms with Gasteiger partial charge in [-0.2, -0.15) is 0 Å². The van der Waals surface area contributed by atoms with Gasteiger partial charge in [-0.1, -0.05) is 18.2 Å². The number of amides is 1. The Labute approximate surface area is 127 Å². The number of carbonyl (C=O) groups is 2. The van der Waals surface area contributed by atoms with Crippen molar-refractivity contribution >= 4 is 35.3 Å². The number of para-hydroxylation sites is 1. The minimum atomic E-state index is -0.446. The first-order chi connectivity index (χ1) is 10.1. The fraction of sp³-hybridized carbons (Fsp3) is 0.214. The molecule has 0 saturated carbocycles. The number of nitrogens with one attached hydrogen (secondary N) is 2. The lowest BCUT2D eigenvalue weighted by Gasteiger charge is -2.08. The minimum absolute atomic E-state index is 0.188. The van der Waals surface area contributed by atoms with Gasteiger partial charge < -0.3 is 14.8 Å². The Morgan fingerprint density at radius 1 is 1.33 bits per heavy atom. The first-order valence-electron chi connectivity index (χ1n) is 6.31. The van der Waals surface area contributed by atoms with E-state index < -0.39 is 5.97 Å². The van der Waals surface area contributed by atoms with Crippen LogP contribution in [0.5, 0.6) is 5.75 Å². The van der Waals surface area contributed by atoms with Crippen LogP contribution in [0, 0.1) is 0 Å². The minimum Gasteiger partial charge on any atom is -0.481 e. The van der Waals surface area contributed by atoms with Gasteiger partial charge in [-0.25, -0.2) is 4.79 Å². The first kappa shape index (κ1) is 15.0. The van der Waals surface area contributed by atoms with Crippen molar-refractivity contribution in [1.82, 2.24) is 10.6 Å². The molecule has 1 aliphatic rings. The summed E-state index contributed by atoms with van der Waals surface area (Å²) in [7, 11) is 0. The molecule has 1 heterocycles. The lowest BCUT2D eigenvalue weighted by Crippen LogP contribution is -2.21. The fourth-order valence-electron chi connectivity index (χ4n) is 1.71. The van der Waals surface area contributed by atoms with Gasteiger partial charge in [0.15, 0.2) is 11.7 Å². The lowest BCUT2D eigenvalue weighted by atomic mass is 10.1. The molecule has 2 N–H and O–H groups in total. The Morgan fingerprint density at radius 3 is 2.76 bits per heavy atom. The van der Waals surface area contributed by atoms with Gasteiger partial charge in [0.1, 0.15) is 11.4 Å². The second-order valence-corrected chi connectivity index (χ2v) is 4.51. The largest absolute Gasteiger partial charge is 0.481 e. The first-order valence-corrected chi connectivity index (χ1v) is 6.72. The Kier molecular flexibility index (Phi) is 4.89. The van der Waals surface area contributed by atoms with E-state index in [0.29, 0.717) is 23.6 Å². The molecular formula is C14H14N2O4S. The number of ether oxygens (including phenoxy) is 2. The van der Waals surface area contributed by atoms with Gasteiger partial charge in [0, 0.05) is 5.56 Å². The van der Waals surface area contributed by atoms with Crippen molar-refractivity contribution in [2.45, 2.75) is 6.92 Å². The van der Waals surface area contributed by atoms with E-state index in [0.717, 1.165) is 0 Å². The van der Waals surface area contributed by atoms with Gasteiger partial charge in [0.2, 0.25) is 0 Å². The van der Waals surface area contributed by atoms with E-state index >= 15 is 0 Å². The third-order valence-corrected chi connectivity index (χ3v) is 2.79. The molecule has 7 heteroatoms. The number of benzene rings is 1. The molecular weight excluding hydrogens is 292 g/mol. The van der Waals surface area contributed by atoms with Crippen molar-refractivity contribution in [3.05, 3.63) is 35.5 Å². The van der Waals surface area contributed by atoms with Gasteiger partial charge in [-0.15, -0.1) is 0 Å². The molecule has 0 radical (unpaired) electrons. The third kappa shape index (κ3) is 4.03. The Morgan fingerprint density at radius 2 is 2.10 bits per heavy atom. The van der Waals surface area contributed by atoms with E-state index in [9.17, 15) is 9.59 Å². The summed E-state index contributed by atoms with van der Waals surface area (Å²) in [5.41, 5.74) is 0.983.